The lowest BCUT2D eigenvalue weighted by Gasteiger charge is -2.14. The molecule has 0 aliphatic heterocycles. The maximum absolute atomic E-state index is 12.0. The van der Waals surface area contributed by atoms with Gasteiger partial charge in [0.1, 0.15) is 0 Å². The maximum atomic E-state index is 12.0. The second-order valence-electron chi connectivity index (χ2n) is 4.86. The van der Waals surface area contributed by atoms with E-state index in [1.165, 1.54) is 5.56 Å². The van der Waals surface area contributed by atoms with Crippen LogP contribution in [0.15, 0.2) is 54.6 Å². The molecule has 0 heterocycles. The van der Waals surface area contributed by atoms with Gasteiger partial charge in [0.05, 0.1) is 12.5 Å². The van der Waals surface area contributed by atoms with Crippen molar-refractivity contribution in [2.45, 2.75) is 26.3 Å². The molecule has 1 atom stereocenters. The Morgan fingerprint density at radius 2 is 1.68 bits per heavy atom. The van der Waals surface area contributed by atoms with Gasteiger partial charge in [-0.25, -0.2) is 0 Å². The Morgan fingerprint density at radius 3 is 2.32 bits per heavy atom. The smallest absolute Gasteiger partial charge is 0.224 e. The lowest BCUT2D eigenvalue weighted by molar-refractivity contribution is -0.121. The highest BCUT2D eigenvalue weighted by Gasteiger charge is 2.09. The van der Waals surface area contributed by atoms with Crippen molar-refractivity contribution >= 4 is 5.91 Å². The first-order valence-corrected chi connectivity index (χ1v) is 6.55. The van der Waals surface area contributed by atoms with Crippen molar-refractivity contribution < 1.29 is 4.79 Å². The molecular formula is C17H19NO. The fourth-order valence-electron chi connectivity index (χ4n) is 2.01. The summed E-state index contributed by atoms with van der Waals surface area (Å²) in [5.74, 6) is 0.0549. The van der Waals surface area contributed by atoms with Gasteiger partial charge in [-0.15, -0.1) is 0 Å². The molecule has 2 aromatic rings. The minimum absolute atomic E-state index is 0.0387. The summed E-state index contributed by atoms with van der Waals surface area (Å²) >= 11 is 0. The molecule has 1 amide bonds. The summed E-state index contributed by atoms with van der Waals surface area (Å²) in [5.41, 5.74) is 3.40. The molecule has 2 heteroatoms. The van der Waals surface area contributed by atoms with E-state index in [-0.39, 0.29) is 11.9 Å². The van der Waals surface area contributed by atoms with Gasteiger partial charge in [-0.2, -0.15) is 0 Å². The van der Waals surface area contributed by atoms with Crippen LogP contribution in [0.25, 0.3) is 0 Å². The molecule has 0 saturated heterocycles. The third-order valence-corrected chi connectivity index (χ3v) is 3.16. The summed E-state index contributed by atoms with van der Waals surface area (Å²) < 4.78 is 0. The van der Waals surface area contributed by atoms with Crippen molar-refractivity contribution in [1.82, 2.24) is 5.32 Å². The van der Waals surface area contributed by atoms with Crippen molar-refractivity contribution in [2.24, 2.45) is 0 Å². The average Bonchev–Trinajstić information content (AvgIpc) is 2.40. The topological polar surface area (TPSA) is 29.1 Å². The number of carbonyl (C=O) groups is 1. The zero-order valence-electron chi connectivity index (χ0n) is 11.4. The first-order chi connectivity index (χ1) is 9.15. The highest BCUT2D eigenvalue weighted by molar-refractivity contribution is 5.78. The van der Waals surface area contributed by atoms with Gasteiger partial charge in [0, 0.05) is 0 Å². The summed E-state index contributed by atoms with van der Waals surface area (Å²) in [6.07, 6.45) is 0.428. The Bertz CT molecular complexity index is 531. The highest BCUT2D eigenvalue weighted by Crippen LogP contribution is 2.13. The van der Waals surface area contributed by atoms with E-state index in [4.69, 9.17) is 0 Å². The van der Waals surface area contributed by atoms with Crippen LogP contribution in [0, 0.1) is 6.92 Å². The Kier molecular flexibility index (Phi) is 4.35. The average molecular weight is 253 g/mol. The van der Waals surface area contributed by atoms with Crippen LogP contribution in [0.5, 0.6) is 0 Å². The van der Waals surface area contributed by atoms with Crippen LogP contribution in [0.2, 0.25) is 0 Å². The molecule has 0 aliphatic carbocycles. The summed E-state index contributed by atoms with van der Waals surface area (Å²) in [5, 5.41) is 3.03. The monoisotopic (exact) mass is 253 g/mol. The second kappa shape index (κ2) is 6.19. The van der Waals surface area contributed by atoms with E-state index in [1.807, 2.05) is 37.3 Å². The zero-order valence-corrected chi connectivity index (χ0v) is 11.4. The lowest BCUT2D eigenvalue weighted by Crippen LogP contribution is -2.28. The summed E-state index contributed by atoms with van der Waals surface area (Å²) in [7, 11) is 0. The molecule has 0 aliphatic rings. The maximum Gasteiger partial charge on any atom is 0.224 e. The minimum Gasteiger partial charge on any atom is -0.349 e. The Labute approximate surface area is 114 Å². The van der Waals surface area contributed by atoms with Crippen LogP contribution in [-0.4, -0.2) is 5.91 Å². The molecule has 2 rings (SSSR count). The van der Waals surface area contributed by atoms with E-state index in [9.17, 15) is 4.79 Å². The zero-order chi connectivity index (χ0) is 13.7. The molecule has 0 saturated carbocycles. The number of hydrogen-bond acceptors (Lipinski definition) is 1. The number of aryl methyl sites for hydroxylation is 1. The summed E-state index contributed by atoms with van der Waals surface area (Å²) in [4.78, 5) is 12.0. The number of nitrogens with one attached hydrogen (secondary N) is 1. The van der Waals surface area contributed by atoms with Gasteiger partial charge in [0.25, 0.3) is 0 Å². The van der Waals surface area contributed by atoms with E-state index in [0.29, 0.717) is 6.42 Å². The van der Waals surface area contributed by atoms with Crippen molar-refractivity contribution in [3.05, 3.63) is 71.3 Å². The van der Waals surface area contributed by atoms with Crippen LogP contribution in [0.3, 0.4) is 0 Å². The highest BCUT2D eigenvalue weighted by atomic mass is 16.1. The Hall–Kier alpha value is -2.09. The summed E-state index contributed by atoms with van der Waals surface area (Å²) in [6.45, 7) is 4.07. The molecule has 19 heavy (non-hydrogen) atoms. The van der Waals surface area contributed by atoms with Gasteiger partial charge in [-0.1, -0.05) is 60.2 Å². The molecule has 2 nitrogen and oxygen atoms in total. The molecule has 1 unspecified atom stereocenters. The quantitative estimate of drug-likeness (QED) is 0.888. The van der Waals surface area contributed by atoms with Gasteiger partial charge in [0.2, 0.25) is 5.91 Å². The van der Waals surface area contributed by atoms with E-state index < -0.39 is 0 Å². The van der Waals surface area contributed by atoms with Gasteiger partial charge >= 0.3 is 0 Å². The second-order valence-corrected chi connectivity index (χ2v) is 4.86. The number of carbonyl (C=O) groups excluding carboxylic acids is 1. The molecule has 0 spiro atoms. The number of hydrogen-bond donors (Lipinski definition) is 1. The van der Waals surface area contributed by atoms with Crippen molar-refractivity contribution in [2.75, 3.05) is 0 Å². The normalized spacial score (nSPS) is 11.9. The van der Waals surface area contributed by atoms with Crippen molar-refractivity contribution in [3.8, 4) is 0 Å². The molecular weight excluding hydrogens is 234 g/mol. The van der Waals surface area contributed by atoms with Gasteiger partial charge in [-0.05, 0) is 25.0 Å². The lowest BCUT2D eigenvalue weighted by atomic mass is 10.1. The van der Waals surface area contributed by atoms with Crippen LogP contribution < -0.4 is 5.32 Å². The van der Waals surface area contributed by atoms with Crippen LogP contribution in [0.1, 0.15) is 29.7 Å². The molecule has 0 aromatic heterocycles. The molecule has 2 aromatic carbocycles. The fraction of sp³-hybridized carbons (Fsp3) is 0.235. The minimum atomic E-state index is 0.0387. The van der Waals surface area contributed by atoms with Crippen molar-refractivity contribution in [3.63, 3.8) is 0 Å². The Morgan fingerprint density at radius 1 is 1.05 bits per heavy atom. The number of benzene rings is 2. The van der Waals surface area contributed by atoms with E-state index in [2.05, 4.69) is 36.5 Å². The predicted molar refractivity (Wildman–Crippen MR) is 77.9 cm³/mol. The fourth-order valence-corrected chi connectivity index (χ4v) is 2.01. The largest absolute Gasteiger partial charge is 0.349 e. The van der Waals surface area contributed by atoms with Crippen molar-refractivity contribution in [1.29, 1.82) is 0 Å². The predicted octanol–water partition coefficient (Wildman–Crippen LogP) is 3.41. The van der Waals surface area contributed by atoms with E-state index in [1.54, 1.807) is 0 Å². The third-order valence-electron chi connectivity index (χ3n) is 3.16. The first kappa shape index (κ1) is 13.3. The molecule has 0 fully saturated rings. The molecule has 1 N–H and O–H groups in total. The standard InChI is InChI=1S/C17H19NO/c1-13-8-10-16(11-9-13)14(2)18-17(19)12-15-6-4-3-5-7-15/h3-11,14H,12H2,1-2H3,(H,18,19). The molecule has 98 valence electrons. The molecule has 0 radical (unpaired) electrons. The van der Waals surface area contributed by atoms with Crippen LogP contribution >= 0.6 is 0 Å². The van der Waals surface area contributed by atoms with Gasteiger partial charge < -0.3 is 5.32 Å². The third kappa shape index (κ3) is 3.95. The van der Waals surface area contributed by atoms with E-state index >= 15 is 0 Å². The van der Waals surface area contributed by atoms with Crippen LogP contribution in [-0.2, 0) is 11.2 Å². The molecule has 0 bridgehead atoms. The van der Waals surface area contributed by atoms with Crippen LogP contribution in [0.4, 0.5) is 0 Å². The van der Waals surface area contributed by atoms with E-state index in [0.717, 1.165) is 11.1 Å². The summed E-state index contributed by atoms with van der Waals surface area (Å²) in [6, 6.07) is 18.1. The Balaban J connectivity index is 1.93. The number of rotatable bonds is 4. The number of amides is 1. The van der Waals surface area contributed by atoms with Gasteiger partial charge in [-0.3, -0.25) is 4.79 Å². The SMILES string of the molecule is Cc1ccc(C(C)NC(=O)Cc2ccccc2)cc1. The first-order valence-electron chi connectivity index (χ1n) is 6.55. The van der Waals surface area contributed by atoms with Gasteiger partial charge in [0.15, 0.2) is 0 Å².